The summed E-state index contributed by atoms with van der Waals surface area (Å²) >= 11 is 1.58. The number of hydrogen-bond donors (Lipinski definition) is 0. The van der Waals surface area contributed by atoms with Crippen LogP contribution in [0.2, 0.25) is 0 Å². The van der Waals surface area contributed by atoms with Gasteiger partial charge < -0.3 is 4.90 Å². The van der Waals surface area contributed by atoms with E-state index < -0.39 is 0 Å². The molecule has 1 aromatic rings. The van der Waals surface area contributed by atoms with Crippen molar-refractivity contribution in [2.75, 3.05) is 13.1 Å². The van der Waals surface area contributed by atoms with Crippen LogP contribution in [0, 0.1) is 5.92 Å². The average molecular weight is 324 g/mol. The van der Waals surface area contributed by atoms with Crippen LogP contribution in [0.5, 0.6) is 0 Å². The summed E-state index contributed by atoms with van der Waals surface area (Å²) in [6.07, 6.45) is 3.53. The van der Waals surface area contributed by atoms with Gasteiger partial charge in [-0.3, -0.25) is 4.79 Å². The second-order valence-corrected chi connectivity index (χ2v) is 8.83. The quantitative estimate of drug-likeness (QED) is 0.832. The molecule has 1 aromatic heterocycles. The largest absolute Gasteiger partial charge is 0.301 e. The Labute approximate surface area is 138 Å². The van der Waals surface area contributed by atoms with Gasteiger partial charge in [0.15, 0.2) is 0 Å². The first-order valence-corrected chi connectivity index (χ1v) is 9.16. The molecule has 22 heavy (non-hydrogen) atoms. The van der Waals surface area contributed by atoms with Gasteiger partial charge in [-0.15, -0.1) is 21.5 Å². The molecule has 1 saturated heterocycles. The van der Waals surface area contributed by atoms with Crippen LogP contribution in [-0.2, 0) is 16.6 Å². The molecule has 4 nitrogen and oxygen atoms in total. The standard InChI is InChI=1S/C17H29N3OS/c1-12(2)20-8-6-7-13(11-20)9-14(21)10-15-18-19-16(22-15)17(3,4)5/h12-13H,6-11H2,1-5H3/t13-/m0/s1. The van der Waals surface area contributed by atoms with Crippen molar-refractivity contribution in [3.05, 3.63) is 10.0 Å². The van der Waals surface area contributed by atoms with E-state index in [1.54, 1.807) is 11.3 Å². The zero-order chi connectivity index (χ0) is 16.3. The Morgan fingerprint density at radius 2 is 2.09 bits per heavy atom. The van der Waals surface area contributed by atoms with E-state index in [9.17, 15) is 4.79 Å². The molecule has 0 spiro atoms. The second-order valence-electron chi connectivity index (χ2n) is 7.77. The third-order valence-electron chi connectivity index (χ3n) is 4.25. The molecule has 5 heteroatoms. The van der Waals surface area contributed by atoms with Crippen LogP contribution in [0.1, 0.15) is 63.9 Å². The molecule has 1 aliphatic heterocycles. The third-order valence-corrected chi connectivity index (χ3v) is 5.60. The van der Waals surface area contributed by atoms with Crippen LogP contribution >= 0.6 is 11.3 Å². The van der Waals surface area contributed by atoms with Crippen molar-refractivity contribution in [2.24, 2.45) is 5.92 Å². The molecule has 0 aromatic carbocycles. The second kappa shape index (κ2) is 7.18. The molecule has 1 atom stereocenters. The van der Waals surface area contributed by atoms with Gasteiger partial charge in [0, 0.05) is 24.4 Å². The number of rotatable bonds is 5. The molecule has 0 N–H and O–H groups in total. The van der Waals surface area contributed by atoms with Crippen LogP contribution in [0.15, 0.2) is 0 Å². The van der Waals surface area contributed by atoms with Crippen LogP contribution < -0.4 is 0 Å². The summed E-state index contributed by atoms with van der Waals surface area (Å²) in [5, 5.41) is 10.3. The molecule has 0 saturated carbocycles. The first kappa shape index (κ1) is 17.5. The smallest absolute Gasteiger partial charge is 0.140 e. The topological polar surface area (TPSA) is 46.1 Å². The lowest BCUT2D eigenvalue weighted by Crippen LogP contribution is -2.40. The first-order valence-electron chi connectivity index (χ1n) is 8.34. The number of nitrogens with zero attached hydrogens (tertiary/aromatic N) is 3. The predicted molar refractivity (Wildman–Crippen MR) is 91.4 cm³/mol. The number of ketones is 1. The highest BCUT2D eigenvalue weighted by Crippen LogP contribution is 2.26. The Balaban J connectivity index is 1.86. The number of likely N-dealkylation sites (tertiary alicyclic amines) is 1. The Hall–Kier alpha value is -0.810. The van der Waals surface area contributed by atoms with Crippen molar-refractivity contribution in [1.82, 2.24) is 15.1 Å². The number of piperidine rings is 1. The van der Waals surface area contributed by atoms with E-state index in [0.717, 1.165) is 16.6 Å². The SMILES string of the molecule is CC(C)N1CCC[C@@H](CC(=O)Cc2nnc(C(C)(C)C)s2)C1. The summed E-state index contributed by atoms with van der Waals surface area (Å²) in [5.74, 6) is 0.825. The van der Waals surface area contributed by atoms with Crippen LogP contribution in [0.3, 0.4) is 0 Å². The normalized spacial score (nSPS) is 20.5. The van der Waals surface area contributed by atoms with E-state index in [1.165, 1.54) is 19.4 Å². The van der Waals surface area contributed by atoms with Gasteiger partial charge >= 0.3 is 0 Å². The van der Waals surface area contributed by atoms with Gasteiger partial charge in [0.05, 0.1) is 6.42 Å². The molecule has 124 valence electrons. The fourth-order valence-electron chi connectivity index (χ4n) is 2.92. The van der Waals surface area contributed by atoms with Crippen LogP contribution in [-0.4, -0.2) is 40.0 Å². The van der Waals surface area contributed by atoms with E-state index in [1.807, 2.05) is 0 Å². The lowest BCUT2D eigenvalue weighted by atomic mass is 9.91. The average Bonchev–Trinajstić information content (AvgIpc) is 2.87. The van der Waals surface area contributed by atoms with Crippen molar-refractivity contribution in [3.63, 3.8) is 0 Å². The van der Waals surface area contributed by atoms with E-state index in [2.05, 4.69) is 49.7 Å². The maximum absolute atomic E-state index is 12.3. The fourth-order valence-corrected chi connectivity index (χ4v) is 3.85. The van der Waals surface area contributed by atoms with Crippen molar-refractivity contribution >= 4 is 17.1 Å². The lowest BCUT2D eigenvalue weighted by molar-refractivity contribution is -0.119. The molecule has 2 rings (SSSR count). The highest BCUT2D eigenvalue weighted by molar-refractivity contribution is 7.11. The number of aromatic nitrogens is 2. The third kappa shape index (κ3) is 4.85. The molecule has 1 aliphatic rings. The molecular weight excluding hydrogens is 294 g/mol. The fraction of sp³-hybridized carbons (Fsp3) is 0.824. The molecular formula is C17H29N3OS. The maximum atomic E-state index is 12.3. The number of Topliss-reactive ketones (excluding diaryl/α,β-unsaturated/α-hetero) is 1. The van der Waals surface area contributed by atoms with Crippen molar-refractivity contribution in [1.29, 1.82) is 0 Å². The summed E-state index contributed by atoms with van der Waals surface area (Å²) in [5.41, 5.74) is 0.0140. The molecule has 0 amide bonds. The Bertz CT molecular complexity index is 504. The maximum Gasteiger partial charge on any atom is 0.140 e. The van der Waals surface area contributed by atoms with Crippen LogP contribution in [0.25, 0.3) is 0 Å². The Morgan fingerprint density at radius 1 is 1.36 bits per heavy atom. The zero-order valence-electron chi connectivity index (χ0n) is 14.6. The first-order chi connectivity index (χ1) is 10.3. The van der Waals surface area contributed by atoms with Gasteiger partial charge in [-0.05, 0) is 39.2 Å². The minimum atomic E-state index is 0.0140. The Morgan fingerprint density at radius 3 is 2.68 bits per heavy atom. The van der Waals surface area contributed by atoms with E-state index in [-0.39, 0.29) is 5.41 Å². The summed E-state index contributed by atoms with van der Waals surface area (Å²) in [6.45, 7) is 13.1. The molecule has 0 unspecified atom stereocenters. The monoisotopic (exact) mass is 323 g/mol. The van der Waals surface area contributed by atoms with Gasteiger partial charge in [0.1, 0.15) is 15.8 Å². The highest BCUT2D eigenvalue weighted by atomic mass is 32.1. The Kier molecular flexibility index (Phi) is 5.72. The summed E-state index contributed by atoms with van der Waals surface area (Å²) in [6, 6.07) is 0.579. The minimum absolute atomic E-state index is 0.0140. The molecule has 0 radical (unpaired) electrons. The van der Waals surface area contributed by atoms with Gasteiger partial charge in [-0.1, -0.05) is 20.8 Å². The molecule has 1 fully saturated rings. The summed E-state index contributed by atoms with van der Waals surface area (Å²) in [4.78, 5) is 14.8. The number of hydrogen-bond acceptors (Lipinski definition) is 5. The zero-order valence-corrected chi connectivity index (χ0v) is 15.4. The van der Waals surface area contributed by atoms with Crippen molar-refractivity contribution < 1.29 is 4.79 Å². The van der Waals surface area contributed by atoms with E-state index in [0.29, 0.717) is 30.6 Å². The van der Waals surface area contributed by atoms with Gasteiger partial charge in [-0.2, -0.15) is 0 Å². The van der Waals surface area contributed by atoms with Gasteiger partial charge in [-0.25, -0.2) is 0 Å². The highest BCUT2D eigenvalue weighted by Gasteiger charge is 2.25. The number of carbonyl (C=O) groups is 1. The molecule has 0 bridgehead atoms. The van der Waals surface area contributed by atoms with Crippen LogP contribution in [0.4, 0.5) is 0 Å². The molecule has 0 aliphatic carbocycles. The van der Waals surface area contributed by atoms with Gasteiger partial charge in [0.25, 0.3) is 0 Å². The van der Waals surface area contributed by atoms with E-state index in [4.69, 9.17) is 0 Å². The summed E-state index contributed by atoms with van der Waals surface area (Å²) < 4.78 is 0. The molecule has 2 heterocycles. The van der Waals surface area contributed by atoms with Crippen molar-refractivity contribution in [2.45, 2.75) is 71.8 Å². The summed E-state index contributed by atoms with van der Waals surface area (Å²) in [7, 11) is 0. The minimum Gasteiger partial charge on any atom is -0.301 e. The van der Waals surface area contributed by atoms with E-state index >= 15 is 0 Å². The predicted octanol–water partition coefficient (Wildman–Crippen LogP) is 3.46. The lowest BCUT2D eigenvalue weighted by Gasteiger charge is -2.35. The number of carbonyl (C=O) groups excluding carboxylic acids is 1. The van der Waals surface area contributed by atoms with Crippen molar-refractivity contribution in [3.8, 4) is 0 Å². The van der Waals surface area contributed by atoms with Gasteiger partial charge in [0.2, 0.25) is 0 Å².